The number of amides is 2. The second-order valence-corrected chi connectivity index (χ2v) is 4.76. The van der Waals surface area contributed by atoms with E-state index in [-0.39, 0.29) is 18.4 Å². The minimum absolute atomic E-state index is 0.0811. The molecule has 0 atom stereocenters. The number of benzene rings is 1. The smallest absolute Gasteiger partial charge is 0.254 e. The van der Waals surface area contributed by atoms with E-state index in [1.807, 2.05) is 26.0 Å². The van der Waals surface area contributed by atoms with Crippen molar-refractivity contribution in [3.05, 3.63) is 33.8 Å². The van der Waals surface area contributed by atoms with Crippen LogP contribution in [0.15, 0.2) is 22.7 Å². The fraction of sp³-hybridized carbons (Fsp3) is 0.385. The van der Waals surface area contributed by atoms with Crippen molar-refractivity contribution in [3.63, 3.8) is 0 Å². The number of likely N-dealkylation sites (N-methyl/N-ethyl adjacent to an activating group) is 2. The fourth-order valence-corrected chi connectivity index (χ4v) is 1.96. The highest BCUT2D eigenvalue weighted by molar-refractivity contribution is 9.10. The maximum Gasteiger partial charge on any atom is 0.254 e. The highest BCUT2D eigenvalue weighted by Gasteiger charge is 2.18. The maximum absolute atomic E-state index is 12.3. The quantitative estimate of drug-likeness (QED) is 0.924. The normalized spacial score (nSPS) is 10.0. The van der Waals surface area contributed by atoms with Crippen LogP contribution in [0.3, 0.4) is 0 Å². The van der Waals surface area contributed by atoms with Crippen LogP contribution in [-0.4, -0.2) is 36.9 Å². The number of hydrogen-bond donors (Lipinski definition) is 1. The molecule has 0 heterocycles. The van der Waals surface area contributed by atoms with Crippen molar-refractivity contribution in [2.75, 3.05) is 20.1 Å². The standard InChI is InChI=1S/C13H17BrN2O2/c1-4-16(8-12(17)15-3)13(18)10-6-5-7-11(14)9(10)2/h5-7H,4,8H2,1-3H3,(H,15,17). The van der Waals surface area contributed by atoms with Gasteiger partial charge in [-0.05, 0) is 31.5 Å². The minimum Gasteiger partial charge on any atom is -0.358 e. The van der Waals surface area contributed by atoms with Crippen LogP contribution >= 0.6 is 15.9 Å². The molecule has 0 fully saturated rings. The lowest BCUT2D eigenvalue weighted by Gasteiger charge is -2.21. The van der Waals surface area contributed by atoms with E-state index in [1.54, 1.807) is 13.1 Å². The predicted molar refractivity (Wildman–Crippen MR) is 74.5 cm³/mol. The van der Waals surface area contributed by atoms with Crippen molar-refractivity contribution in [1.29, 1.82) is 0 Å². The Morgan fingerprint density at radius 2 is 2.06 bits per heavy atom. The second-order valence-electron chi connectivity index (χ2n) is 3.90. The van der Waals surface area contributed by atoms with Gasteiger partial charge in [-0.3, -0.25) is 9.59 Å². The molecule has 0 aromatic heterocycles. The van der Waals surface area contributed by atoms with E-state index in [9.17, 15) is 9.59 Å². The molecule has 5 heteroatoms. The summed E-state index contributed by atoms with van der Waals surface area (Å²) >= 11 is 3.40. The Balaban J connectivity index is 2.97. The molecule has 0 saturated carbocycles. The molecule has 0 aliphatic heterocycles. The van der Waals surface area contributed by atoms with Crippen molar-refractivity contribution in [2.24, 2.45) is 0 Å². The summed E-state index contributed by atoms with van der Waals surface area (Å²) in [6.07, 6.45) is 0. The van der Waals surface area contributed by atoms with Gasteiger partial charge in [0.25, 0.3) is 5.91 Å². The van der Waals surface area contributed by atoms with Crippen LogP contribution in [-0.2, 0) is 4.79 Å². The average molecular weight is 313 g/mol. The van der Waals surface area contributed by atoms with E-state index in [0.717, 1.165) is 10.0 Å². The molecular weight excluding hydrogens is 296 g/mol. The van der Waals surface area contributed by atoms with Crippen LogP contribution < -0.4 is 5.32 Å². The van der Waals surface area contributed by atoms with Gasteiger partial charge in [0.2, 0.25) is 5.91 Å². The summed E-state index contributed by atoms with van der Waals surface area (Å²) in [5.74, 6) is -0.294. The van der Waals surface area contributed by atoms with Gasteiger partial charge in [-0.15, -0.1) is 0 Å². The molecule has 18 heavy (non-hydrogen) atoms. The molecule has 4 nitrogen and oxygen atoms in total. The van der Waals surface area contributed by atoms with E-state index in [2.05, 4.69) is 21.2 Å². The van der Waals surface area contributed by atoms with Crippen molar-refractivity contribution in [1.82, 2.24) is 10.2 Å². The Morgan fingerprint density at radius 1 is 1.39 bits per heavy atom. The molecule has 0 aliphatic carbocycles. The van der Waals surface area contributed by atoms with E-state index >= 15 is 0 Å². The Labute approximate surface area is 115 Å². The van der Waals surface area contributed by atoms with Gasteiger partial charge in [0.15, 0.2) is 0 Å². The third-order valence-corrected chi connectivity index (χ3v) is 3.64. The first-order valence-corrected chi connectivity index (χ1v) is 6.55. The molecule has 1 aromatic rings. The molecule has 1 N–H and O–H groups in total. The number of rotatable bonds is 4. The van der Waals surface area contributed by atoms with E-state index < -0.39 is 0 Å². The number of nitrogens with one attached hydrogen (secondary N) is 1. The summed E-state index contributed by atoms with van der Waals surface area (Å²) in [6.45, 7) is 4.31. The Kier molecular flexibility index (Phi) is 5.34. The monoisotopic (exact) mass is 312 g/mol. The van der Waals surface area contributed by atoms with Crippen molar-refractivity contribution in [3.8, 4) is 0 Å². The highest BCUT2D eigenvalue weighted by atomic mass is 79.9. The Bertz CT molecular complexity index is 460. The third-order valence-electron chi connectivity index (χ3n) is 2.78. The van der Waals surface area contributed by atoms with Crippen LogP contribution in [0.4, 0.5) is 0 Å². The number of carbonyl (C=O) groups excluding carboxylic acids is 2. The fourth-order valence-electron chi connectivity index (χ4n) is 1.59. The van der Waals surface area contributed by atoms with Crippen LogP contribution in [0, 0.1) is 6.92 Å². The lowest BCUT2D eigenvalue weighted by atomic mass is 10.1. The molecule has 2 amide bonds. The van der Waals surface area contributed by atoms with Crippen molar-refractivity contribution < 1.29 is 9.59 Å². The summed E-state index contributed by atoms with van der Waals surface area (Å²) in [5.41, 5.74) is 1.51. The summed E-state index contributed by atoms with van der Waals surface area (Å²) < 4.78 is 0.893. The summed E-state index contributed by atoms with van der Waals surface area (Å²) in [6, 6.07) is 5.48. The van der Waals surface area contributed by atoms with E-state index in [1.165, 1.54) is 4.90 Å². The summed E-state index contributed by atoms with van der Waals surface area (Å²) in [5, 5.41) is 2.52. The largest absolute Gasteiger partial charge is 0.358 e. The summed E-state index contributed by atoms with van der Waals surface area (Å²) in [7, 11) is 1.56. The van der Waals surface area contributed by atoms with Gasteiger partial charge >= 0.3 is 0 Å². The van der Waals surface area contributed by atoms with Gasteiger partial charge in [0.1, 0.15) is 0 Å². The first-order chi connectivity index (χ1) is 8.51. The molecule has 1 aromatic carbocycles. The average Bonchev–Trinajstić information content (AvgIpc) is 2.38. The molecule has 1 rings (SSSR count). The molecule has 0 radical (unpaired) electrons. The number of carbonyl (C=O) groups is 2. The second kappa shape index (κ2) is 6.54. The van der Waals surface area contributed by atoms with Crippen LogP contribution in [0.5, 0.6) is 0 Å². The topological polar surface area (TPSA) is 49.4 Å². The lowest BCUT2D eigenvalue weighted by Crippen LogP contribution is -2.39. The minimum atomic E-state index is -0.169. The first kappa shape index (κ1) is 14.7. The zero-order valence-electron chi connectivity index (χ0n) is 10.8. The van der Waals surface area contributed by atoms with Crippen molar-refractivity contribution >= 4 is 27.7 Å². The third kappa shape index (κ3) is 3.32. The molecule has 0 bridgehead atoms. The van der Waals surface area contributed by atoms with E-state index in [0.29, 0.717) is 12.1 Å². The van der Waals surface area contributed by atoms with Crippen LogP contribution in [0.2, 0.25) is 0 Å². The Hall–Kier alpha value is -1.36. The molecule has 0 saturated heterocycles. The van der Waals surface area contributed by atoms with Gasteiger partial charge in [-0.2, -0.15) is 0 Å². The maximum atomic E-state index is 12.3. The van der Waals surface area contributed by atoms with Crippen LogP contribution in [0.1, 0.15) is 22.8 Å². The first-order valence-electron chi connectivity index (χ1n) is 5.76. The molecule has 0 aliphatic rings. The van der Waals surface area contributed by atoms with Gasteiger partial charge in [-0.1, -0.05) is 22.0 Å². The van der Waals surface area contributed by atoms with Gasteiger partial charge in [-0.25, -0.2) is 0 Å². The van der Waals surface area contributed by atoms with E-state index in [4.69, 9.17) is 0 Å². The number of halogens is 1. The SMILES string of the molecule is CCN(CC(=O)NC)C(=O)c1cccc(Br)c1C. The molecular formula is C13H17BrN2O2. The number of hydrogen-bond acceptors (Lipinski definition) is 2. The zero-order chi connectivity index (χ0) is 13.7. The lowest BCUT2D eigenvalue weighted by molar-refractivity contribution is -0.121. The zero-order valence-corrected chi connectivity index (χ0v) is 12.4. The molecule has 0 unspecified atom stereocenters. The van der Waals surface area contributed by atoms with Gasteiger partial charge in [0, 0.05) is 23.6 Å². The summed E-state index contributed by atoms with van der Waals surface area (Å²) in [4.78, 5) is 25.2. The molecule has 0 spiro atoms. The van der Waals surface area contributed by atoms with Crippen LogP contribution in [0.25, 0.3) is 0 Å². The highest BCUT2D eigenvalue weighted by Crippen LogP contribution is 2.20. The van der Waals surface area contributed by atoms with Gasteiger partial charge < -0.3 is 10.2 Å². The predicted octanol–water partition coefficient (Wildman–Crippen LogP) is 1.97. The number of nitrogens with zero attached hydrogens (tertiary/aromatic N) is 1. The van der Waals surface area contributed by atoms with Crippen molar-refractivity contribution in [2.45, 2.75) is 13.8 Å². The Morgan fingerprint density at radius 3 is 2.61 bits per heavy atom. The molecule has 98 valence electrons. The van der Waals surface area contributed by atoms with Gasteiger partial charge in [0.05, 0.1) is 6.54 Å².